The standard InChI is InChI=1S/C17H14Cl2N2O4S/c1-2-25-11-5-3-4-9(6-11)15(22)21-17(26)20-14-12(16(23)24)7-10(18)8-13(14)19/h3-8H,2H2,1H3,(H,23,24)(H2,20,21,22,26). The van der Waals surface area contributed by atoms with Crippen LogP contribution in [0.25, 0.3) is 0 Å². The van der Waals surface area contributed by atoms with Gasteiger partial charge in [0.2, 0.25) is 0 Å². The van der Waals surface area contributed by atoms with E-state index in [9.17, 15) is 14.7 Å². The van der Waals surface area contributed by atoms with Crippen LogP contribution in [-0.4, -0.2) is 28.7 Å². The van der Waals surface area contributed by atoms with E-state index in [4.69, 9.17) is 40.2 Å². The highest BCUT2D eigenvalue weighted by Crippen LogP contribution is 2.30. The highest BCUT2D eigenvalue weighted by Gasteiger charge is 2.17. The molecule has 136 valence electrons. The normalized spacial score (nSPS) is 10.1. The number of ether oxygens (including phenoxy) is 1. The molecule has 2 rings (SSSR count). The molecule has 9 heteroatoms. The third-order valence-electron chi connectivity index (χ3n) is 3.16. The van der Waals surface area contributed by atoms with Crippen LogP contribution in [0.4, 0.5) is 5.69 Å². The van der Waals surface area contributed by atoms with Crippen molar-refractivity contribution in [3.05, 3.63) is 57.6 Å². The lowest BCUT2D eigenvalue weighted by Crippen LogP contribution is -2.34. The van der Waals surface area contributed by atoms with Gasteiger partial charge in [-0.15, -0.1) is 0 Å². The molecule has 2 aromatic rings. The summed E-state index contributed by atoms with van der Waals surface area (Å²) in [4.78, 5) is 23.6. The lowest BCUT2D eigenvalue weighted by Gasteiger charge is -2.14. The lowest BCUT2D eigenvalue weighted by molar-refractivity contribution is 0.0697. The Bertz CT molecular complexity index is 874. The summed E-state index contributed by atoms with van der Waals surface area (Å²) in [7, 11) is 0. The van der Waals surface area contributed by atoms with E-state index in [1.54, 1.807) is 24.3 Å². The number of nitrogens with one attached hydrogen (secondary N) is 2. The van der Waals surface area contributed by atoms with Gasteiger partial charge in [-0.3, -0.25) is 10.1 Å². The van der Waals surface area contributed by atoms with Crippen LogP contribution in [0.15, 0.2) is 36.4 Å². The molecule has 0 bridgehead atoms. The topological polar surface area (TPSA) is 87.7 Å². The SMILES string of the molecule is CCOc1cccc(C(=O)NC(=S)Nc2c(Cl)cc(Cl)cc2C(=O)O)c1. The van der Waals surface area contributed by atoms with E-state index in [2.05, 4.69) is 10.6 Å². The number of carboxylic acid groups (broad SMARTS) is 1. The molecule has 0 aliphatic carbocycles. The van der Waals surface area contributed by atoms with Crippen LogP contribution >= 0.6 is 35.4 Å². The van der Waals surface area contributed by atoms with Crippen molar-refractivity contribution in [1.29, 1.82) is 0 Å². The minimum absolute atomic E-state index is 0.0388. The molecule has 0 fully saturated rings. The Labute approximate surface area is 165 Å². The van der Waals surface area contributed by atoms with Crippen molar-refractivity contribution in [2.45, 2.75) is 6.92 Å². The van der Waals surface area contributed by atoms with Crippen molar-refractivity contribution in [1.82, 2.24) is 5.32 Å². The highest BCUT2D eigenvalue weighted by atomic mass is 35.5. The van der Waals surface area contributed by atoms with Gasteiger partial charge < -0.3 is 15.2 Å². The number of benzene rings is 2. The zero-order chi connectivity index (χ0) is 19.3. The number of carbonyl (C=O) groups is 2. The number of hydrogen-bond donors (Lipinski definition) is 3. The molecule has 0 atom stereocenters. The molecule has 1 amide bonds. The third-order valence-corrected chi connectivity index (χ3v) is 3.88. The van der Waals surface area contributed by atoms with Gasteiger partial charge in [0.05, 0.1) is 22.9 Å². The van der Waals surface area contributed by atoms with E-state index in [1.807, 2.05) is 6.92 Å². The van der Waals surface area contributed by atoms with Gasteiger partial charge in [-0.25, -0.2) is 4.79 Å². The Hall–Kier alpha value is -2.35. The van der Waals surface area contributed by atoms with Crippen LogP contribution in [0.1, 0.15) is 27.6 Å². The Morgan fingerprint density at radius 1 is 1.23 bits per heavy atom. The number of halogens is 2. The van der Waals surface area contributed by atoms with Crippen LogP contribution < -0.4 is 15.4 Å². The van der Waals surface area contributed by atoms with Gasteiger partial charge in [0.25, 0.3) is 5.91 Å². The van der Waals surface area contributed by atoms with Gasteiger partial charge in [-0.2, -0.15) is 0 Å². The first kappa shape index (κ1) is 20.0. The van der Waals surface area contributed by atoms with Crippen molar-refractivity contribution in [2.24, 2.45) is 0 Å². The quantitative estimate of drug-likeness (QED) is 0.637. The average molecular weight is 413 g/mol. The van der Waals surface area contributed by atoms with Crippen molar-refractivity contribution < 1.29 is 19.4 Å². The summed E-state index contributed by atoms with van der Waals surface area (Å²) in [6, 6.07) is 9.16. The molecule has 0 radical (unpaired) electrons. The maximum Gasteiger partial charge on any atom is 0.337 e. The van der Waals surface area contributed by atoms with Gasteiger partial charge in [0.1, 0.15) is 5.75 Å². The second kappa shape index (κ2) is 8.84. The molecule has 0 aliphatic rings. The largest absolute Gasteiger partial charge is 0.494 e. The number of rotatable bonds is 5. The van der Waals surface area contributed by atoms with Crippen LogP contribution in [0, 0.1) is 0 Å². The van der Waals surface area contributed by atoms with Crippen LogP contribution in [0.2, 0.25) is 10.0 Å². The fraction of sp³-hybridized carbons (Fsp3) is 0.118. The van der Waals surface area contributed by atoms with E-state index >= 15 is 0 Å². The molecule has 2 aromatic carbocycles. The average Bonchev–Trinajstić information content (AvgIpc) is 2.57. The fourth-order valence-electron chi connectivity index (χ4n) is 2.08. The Balaban J connectivity index is 2.15. The molecule has 0 saturated heterocycles. The number of carboxylic acids is 1. The Morgan fingerprint density at radius 3 is 2.62 bits per heavy atom. The second-order valence-electron chi connectivity index (χ2n) is 4.98. The summed E-state index contributed by atoms with van der Waals surface area (Å²) in [5, 5.41) is 14.5. The minimum Gasteiger partial charge on any atom is -0.494 e. The zero-order valence-corrected chi connectivity index (χ0v) is 15.8. The zero-order valence-electron chi connectivity index (χ0n) is 13.5. The lowest BCUT2D eigenvalue weighted by atomic mass is 10.2. The van der Waals surface area contributed by atoms with Crippen LogP contribution in [0.3, 0.4) is 0 Å². The molecule has 0 unspecified atom stereocenters. The van der Waals surface area contributed by atoms with Gasteiger partial charge in [-0.05, 0) is 49.5 Å². The van der Waals surface area contributed by atoms with Crippen molar-refractivity contribution in [3.63, 3.8) is 0 Å². The van der Waals surface area contributed by atoms with Gasteiger partial charge in [0, 0.05) is 10.6 Å². The predicted molar refractivity (Wildman–Crippen MR) is 105 cm³/mol. The fourth-order valence-corrected chi connectivity index (χ4v) is 2.82. The van der Waals surface area contributed by atoms with Crippen LogP contribution in [0.5, 0.6) is 5.75 Å². The number of carbonyl (C=O) groups excluding carboxylic acids is 1. The summed E-state index contributed by atoms with van der Waals surface area (Å²) in [6.07, 6.45) is 0. The molecule has 0 aromatic heterocycles. The van der Waals surface area contributed by atoms with Gasteiger partial charge in [0.15, 0.2) is 5.11 Å². The monoisotopic (exact) mass is 412 g/mol. The van der Waals surface area contributed by atoms with Gasteiger partial charge >= 0.3 is 5.97 Å². The molecule has 3 N–H and O–H groups in total. The first-order valence-corrected chi connectivity index (χ1v) is 8.55. The van der Waals surface area contributed by atoms with Crippen LogP contribution in [-0.2, 0) is 0 Å². The molecule has 26 heavy (non-hydrogen) atoms. The van der Waals surface area contributed by atoms with E-state index in [-0.39, 0.29) is 26.4 Å². The summed E-state index contributed by atoms with van der Waals surface area (Å²) < 4.78 is 5.34. The molecule has 0 heterocycles. The minimum atomic E-state index is -1.24. The number of anilines is 1. The number of aromatic carboxylic acids is 1. The molecule has 0 aliphatic heterocycles. The second-order valence-corrected chi connectivity index (χ2v) is 6.24. The Kier molecular flexibility index (Phi) is 6.79. The maximum atomic E-state index is 12.3. The molecular weight excluding hydrogens is 399 g/mol. The van der Waals surface area contributed by atoms with E-state index in [1.165, 1.54) is 12.1 Å². The van der Waals surface area contributed by atoms with Crippen molar-refractivity contribution >= 4 is 58.1 Å². The third kappa shape index (κ3) is 5.08. The molecule has 0 saturated carbocycles. The molecule has 6 nitrogen and oxygen atoms in total. The summed E-state index contributed by atoms with van der Waals surface area (Å²) >= 11 is 16.9. The first-order valence-electron chi connectivity index (χ1n) is 7.39. The van der Waals surface area contributed by atoms with E-state index in [0.29, 0.717) is 17.9 Å². The maximum absolute atomic E-state index is 12.3. The molecular formula is C17H14Cl2N2O4S. The predicted octanol–water partition coefficient (Wildman–Crippen LogP) is 4.22. The number of hydrogen-bond acceptors (Lipinski definition) is 4. The molecule has 0 spiro atoms. The van der Waals surface area contributed by atoms with E-state index in [0.717, 1.165) is 0 Å². The number of thiocarbonyl (C=S) groups is 1. The number of amides is 1. The van der Waals surface area contributed by atoms with E-state index < -0.39 is 11.9 Å². The van der Waals surface area contributed by atoms with Gasteiger partial charge in [-0.1, -0.05) is 29.3 Å². The smallest absolute Gasteiger partial charge is 0.337 e. The van der Waals surface area contributed by atoms with Crippen molar-refractivity contribution in [3.8, 4) is 5.75 Å². The summed E-state index contributed by atoms with van der Waals surface area (Å²) in [5.74, 6) is -1.17. The Morgan fingerprint density at radius 2 is 1.96 bits per heavy atom. The summed E-state index contributed by atoms with van der Waals surface area (Å²) in [6.45, 7) is 2.31. The summed E-state index contributed by atoms with van der Waals surface area (Å²) in [5.41, 5.74) is 0.204. The van der Waals surface area contributed by atoms with Crippen molar-refractivity contribution in [2.75, 3.05) is 11.9 Å². The first-order chi connectivity index (χ1) is 12.3. The highest BCUT2D eigenvalue weighted by molar-refractivity contribution is 7.80.